The van der Waals surface area contributed by atoms with Gasteiger partial charge in [0.25, 0.3) is 0 Å². The molecule has 0 saturated heterocycles. The first-order chi connectivity index (χ1) is 7.25. The average Bonchev–Trinajstić information content (AvgIpc) is 2.25. The Morgan fingerprint density at radius 3 is 2.47 bits per heavy atom. The molecule has 0 heterocycles. The van der Waals surface area contributed by atoms with Gasteiger partial charge in [-0.15, -0.1) is 0 Å². The molecule has 1 N–H and O–H groups in total. The fourth-order valence-corrected chi connectivity index (χ4v) is 2.29. The van der Waals surface area contributed by atoms with Crippen LogP contribution in [0.1, 0.15) is 32.6 Å². The lowest BCUT2D eigenvalue weighted by Gasteiger charge is -2.30. The van der Waals surface area contributed by atoms with E-state index < -0.39 is 0 Å². The number of halogens is 1. The van der Waals surface area contributed by atoms with Gasteiger partial charge in [-0.1, -0.05) is 19.8 Å². The van der Waals surface area contributed by atoms with E-state index in [1.165, 1.54) is 37.8 Å². The van der Waals surface area contributed by atoms with E-state index in [0.717, 1.165) is 11.6 Å². The van der Waals surface area contributed by atoms with Gasteiger partial charge < -0.3 is 5.32 Å². The van der Waals surface area contributed by atoms with Gasteiger partial charge in [-0.25, -0.2) is 4.39 Å². The Balaban J connectivity index is 1.98. The lowest BCUT2D eigenvalue weighted by molar-refractivity contribution is 0.349. The Morgan fingerprint density at radius 1 is 1.13 bits per heavy atom. The Hall–Kier alpha value is -1.05. The first kappa shape index (κ1) is 10.5. The van der Waals surface area contributed by atoms with Crippen molar-refractivity contribution in [2.24, 2.45) is 5.92 Å². The van der Waals surface area contributed by atoms with Crippen LogP contribution in [-0.4, -0.2) is 6.04 Å². The van der Waals surface area contributed by atoms with Gasteiger partial charge in [0.05, 0.1) is 0 Å². The second kappa shape index (κ2) is 4.65. The highest BCUT2D eigenvalue weighted by atomic mass is 19.1. The first-order valence-electron chi connectivity index (χ1n) is 5.78. The fraction of sp³-hybridized carbons (Fsp3) is 0.538. The summed E-state index contributed by atoms with van der Waals surface area (Å²) >= 11 is 0. The third-order valence-corrected chi connectivity index (χ3v) is 3.31. The lowest BCUT2D eigenvalue weighted by Crippen LogP contribution is -2.30. The molecule has 1 aromatic rings. The Bertz CT molecular complexity index is 307. The summed E-state index contributed by atoms with van der Waals surface area (Å²) in [5.74, 6) is 0.557. The highest BCUT2D eigenvalue weighted by Gasteiger charge is 2.20. The van der Waals surface area contributed by atoms with Crippen molar-refractivity contribution < 1.29 is 4.39 Å². The van der Waals surface area contributed by atoms with E-state index in [9.17, 15) is 4.39 Å². The van der Waals surface area contributed by atoms with E-state index in [1.807, 2.05) is 12.1 Å². The van der Waals surface area contributed by atoms with Gasteiger partial charge in [-0.3, -0.25) is 0 Å². The summed E-state index contributed by atoms with van der Waals surface area (Å²) in [7, 11) is 0. The van der Waals surface area contributed by atoms with Crippen molar-refractivity contribution in [2.75, 3.05) is 5.32 Å². The van der Waals surface area contributed by atoms with Crippen LogP contribution >= 0.6 is 0 Å². The first-order valence-corrected chi connectivity index (χ1v) is 5.78. The molecule has 1 nitrogen and oxygen atoms in total. The zero-order valence-corrected chi connectivity index (χ0v) is 9.17. The molecule has 2 rings (SSSR count). The molecular weight excluding hydrogens is 189 g/mol. The number of nitrogens with one attached hydrogen (secondary N) is 1. The maximum atomic E-state index is 12.7. The minimum Gasteiger partial charge on any atom is -0.382 e. The van der Waals surface area contributed by atoms with Crippen LogP contribution in [0.2, 0.25) is 0 Å². The normalized spacial score (nSPS) is 26.3. The van der Waals surface area contributed by atoms with Gasteiger partial charge in [-0.05, 0) is 43.0 Å². The third-order valence-electron chi connectivity index (χ3n) is 3.31. The molecular formula is C13H18FN. The van der Waals surface area contributed by atoms with Crippen molar-refractivity contribution in [2.45, 2.75) is 38.6 Å². The van der Waals surface area contributed by atoms with E-state index in [1.54, 1.807) is 0 Å². The van der Waals surface area contributed by atoms with Crippen molar-refractivity contribution in [3.05, 3.63) is 30.1 Å². The molecule has 0 aromatic heterocycles. The monoisotopic (exact) mass is 207 g/mol. The molecule has 1 saturated carbocycles. The maximum absolute atomic E-state index is 12.7. The predicted octanol–water partition coefficient (Wildman–Crippen LogP) is 3.82. The Labute approximate surface area is 90.7 Å². The maximum Gasteiger partial charge on any atom is 0.123 e. The summed E-state index contributed by atoms with van der Waals surface area (Å²) in [6.07, 6.45) is 5.20. The topological polar surface area (TPSA) is 12.0 Å². The smallest absolute Gasteiger partial charge is 0.123 e. The van der Waals surface area contributed by atoms with Gasteiger partial charge in [0.2, 0.25) is 0 Å². The van der Waals surface area contributed by atoms with Crippen LogP contribution in [0.25, 0.3) is 0 Å². The summed E-state index contributed by atoms with van der Waals surface area (Å²) in [6.45, 7) is 2.29. The number of rotatable bonds is 2. The van der Waals surface area contributed by atoms with E-state index in [4.69, 9.17) is 0 Å². The number of hydrogen-bond acceptors (Lipinski definition) is 1. The van der Waals surface area contributed by atoms with Gasteiger partial charge in [0.15, 0.2) is 0 Å². The highest BCUT2D eigenvalue weighted by Crippen LogP contribution is 2.26. The van der Waals surface area contributed by atoms with Gasteiger partial charge in [0.1, 0.15) is 5.82 Å². The molecule has 0 spiro atoms. The quantitative estimate of drug-likeness (QED) is 0.777. The minimum absolute atomic E-state index is 0.169. The van der Waals surface area contributed by atoms with Gasteiger partial charge in [-0.2, -0.15) is 0 Å². The van der Waals surface area contributed by atoms with Crippen LogP contribution in [0, 0.1) is 11.7 Å². The molecule has 0 unspecified atom stereocenters. The zero-order valence-electron chi connectivity index (χ0n) is 9.17. The number of hydrogen-bond donors (Lipinski definition) is 1. The summed E-state index contributed by atoms with van der Waals surface area (Å²) in [5.41, 5.74) is 1.04. The van der Waals surface area contributed by atoms with Crippen molar-refractivity contribution in [1.82, 2.24) is 0 Å². The van der Waals surface area contributed by atoms with E-state index >= 15 is 0 Å². The lowest BCUT2D eigenvalue weighted by atomic mass is 9.86. The van der Waals surface area contributed by atoms with E-state index in [2.05, 4.69) is 12.2 Å². The van der Waals surface area contributed by atoms with Crippen LogP contribution in [0.5, 0.6) is 0 Å². The van der Waals surface area contributed by atoms with Crippen LogP contribution in [0.3, 0.4) is 0 Å². The molecule has 15 heavy (non-hydrogen) atoms. The molecule has 1 fully saturated rings. The molecule has 0 amide bonds. The minimum atomic E-state index is -0.169. The van der Waals surface area contributed by atoms with Crippen LogP contribution in [-0.2, 0) is 0 Å². The largest absolute Gasteiger partial charge is 0.382 e. The molecule has 1 aliphatic carbocycles. The van der Waals surface area contributed by atoms with Crippen LogP contribution in [0.15, 0.2) is 24.3 Å². The van der Waals surface area contributed by atoms with Crippen molar-refractivity contribution in [1.29, 1.82) is 0 Å². The summed E-state index contributed by atoms with van der Waals surface area (Å²) in [6, 6.07) is 7.21. The zero-order chi connectivity index (χ0) is 10.7. The molecule has 2 atom stereocenters. The second-order valence-corrected chi connectivity index (χ2v) is 4.52. The van der Waals surface area contributed by atoms with Crippen LogP contribution < -0.4 is 5.32 Å². The van der Waals surface area contributed by atoms with Gasteiger partial charge >= 0.3 is 0 Å². The predicted molar refractivity (Wildman–Crippen MR) is 61.4 cm³/mol. The summed E-state index contributed by atoms with van der Waals surface area (Å²) in [5, 5.41) is 3.49. The second-order valence-electron chi connectivity index (χ2n) is 4.52. The van der Waals surface area contributed by atoms with Crippen molar-refractivity contribution in [3.8, 4) is 0 Å². The van der Waals surface area contributed by atoms with E-state index in [-0.39, 0.29) is 5.82 Å². The Morgan fingerprint density at radius 2 is 1.80 bits per heavy atom. The number of benzene rings is 1. The third kappa shape index (κ3) is 2.71. The Kier molecular flexibility index (Phi) is 3.24. The molecule has 1 aromatic carbocycles. The van der Waals surface area contributed by atoms with Crippen molar-refractivity contribution >= 4 is 5.69 Å². The number of anilines is 1. The standard InChI is InChI=1S/C13H18FN/c1-10-4-2-3-5-13(10)15-12-8-6-11(14)7-9-12/h6-10,13,15H,2-5H2,1H3/t10-,13-/m1/s1. The summed E-state index contributed by atoms with van der Waals surface area (Å²) in [4.78, 5) is 0. The van der Waals surface area contributed by atoms with Crippen molar-refractivity contribution in [3.63, 3.8) is 0 Å². The SMILES string of the molecule is C[C@@H]1CCCC[C@H]1Nc1ccc(F)cc1. The summed E-state index contributed by atoms with van der Waals surface area (Å²) < 4.78 is 12.7. The molecule has 0 bridgehead atoms. The fourth-order valence-electron chi connectivity index (χ4n) is 2.29. The molecule has 82 valence electrons. The van der Waals surface area contributed by atoms with E-state index in [0.29, 0.717) is 6.04 Å². The van der Waals surface area contributed by atoms with Crippen LogP contribution in [0.4, 0.5) is 10.1 Å². The molecule has 1 aliphatic rings. The molecule has 0 aliphatic heterocycles. The molecule has 2 heteroatoms. The molecule has 0 radical (unpaired) electrons. The average molecular weight is 207 g/mol. The van der Waals surface area contributed by atoms with Gasteiger partial charge in [0, 0.05) is 11.7 Å². The highest BCUT2D eigenvalue weighted by molar-refractivity contribution is 5.43.